The lowest BCUT2D eigenvalue weighted by molar-refractivity contribution is -0.137. The van der Waals surface area contributed by atoms with E-state index in [1.165, 1.54) is 31.4 Å². The van der Waals surface area contributed by atoms with E-state index in [9.17, 15) is 18.0 Å². The van der Waals surface area contributed by atoms with Crippen LogP contribution in [0.3, 0.4) is 0 Å². The van der Waals surface area contributed by atoms with Gasteiger partial charge in [0.1, 0.15) is 0 Å². The first kappa shape index (κ1) is 16.6. The first-order chi connectivity index (χ1) is 11.9. The molecule has 0 aliphatic carbocycles. The van der Waals surface area contributed by atoms with Crippen molar-refractivity contribution in [1.29, 1.82) is 0 Å². The quantitative estimate of drug-likeness (QED) is 0.672. The minimum atomic E-state index is -4.57. The first-order valence-corrected chi connectivity index (χ1v) is 6.94. The van der Waals surface area contributed by atoms with Crippen molar-refractivity contribution in [2.24, 2.45) is 0 Å². The molecule has 0 radical (unpaired) electrons. The van der Waals surface area contributed by atoms with E-state index in [4.69, 9.17) is 4.52 Å². The predicted octanol–water partition coefficient (Wildman–Crippen LogP) is 3.60. The SMILES string of the molecule is COC(=O)c1ccc(-c2nc(-c3cnccc3C(F)(F)F)no2)cc1. The topological polar surface area (TPSA) is 78.1 Å². The van der Waals surface area contributed by atoms with Gasteiger partial charge in [-0.05, 0) is 30.3 Å². The van der Waals surface area contributed by atoms with E-state index in [-0.39, 0.29) is 17.3 Å². The van der Waals surface area contributed by atoms with Gasteiger partial charge in [0.15, 0.2) is 0 Å². The average molecular weight is 349 g/mol. The number of pyridine rings is 1. The number of halogens is 3. The Labute approximate surface area is 139 Å². The molecule has 0 aliphatic rings. The van der Waals surface area contributed by atoms with Crippen LogP contribution >= 0.6 is 0 Å². The van der Waals surface area contributed by atoms with Crippen molar-refractivity contribution >= 4 is 5.97 Å². The summed E-state index contributed by atoms with van der Waals surface area (Å²) in [6.07, 6.45) is -2.50. The van der Waals surface area contributed by atoms with E-state index in [1.54, 1.807) is 0 Å². The molecule has 25 heavy (non-hydrogen) atoms. The second kappa shape index (κ2) is 6.34. The van der Waals surface area contributed by atoms with Gasteiger partial charge in [-0.1, -0.05) is 5.16 Å². The van der Waals surface area contributed by atoms with Crippen molar-refractivity contribution in [1.82, 2.24) is 15.1 Å². The molecule has 3 aromatic rings. The number of alkyl halides is 3. The molecule has 1 aromatic carbocycles. The minimum Gasteiger partial charge on any atom is -0.465 e. The first-order valence-electron chi connectivity index (χ1n) is 6.94. The van der Waals surface area contributed by atoms with Crippen LogP contribution in [0.4, 0.5) is 13.2 Å². The van der Waals surface area contributed by atoms with Crippen LogP contribution in [0.15, 0.2) is 47.2 Å². The average Bonchev–Trinajstić information content (AvgIpc) is 3.10. The molecule has 0 saturated heterocycles. The summed E-state index contributed by atoms with van der Waals surface area (Å²) in [5.74, 6) is -0.723. The van der Waals surface area contributed by atoms with E-state index in [1.807, 2.05) is 0 Å². The van der Waals surface area contributed by atoms with Crippen molar-refractivity contribution in [3.63, 3.8) is 0 Å². The number of hydrogen-bond donors (Lipinski definition) is 0. The highest BCUT2D eigenvalue weighted by Gasteiger charge is 2.35. The number of esters is 1. The standard InChI is InChI=1S/C16H10F3N3O3/c1-24-15(23)10-4-2-9(3-5-10)14-21-13(22-25-14)11-8-20-7-6-12(11)16(17,18)19/h2-8H,1H3. The smallest absolute Gasteiger partial charge is 0.417 e. The molecular weight excluding hydrogens is 339 g/mol. The molecule has 3 rings (SSSR count). The van der Waals surface area contributed by atoms with Crippen LogP contribution in [0.2, 0.25) is 0 Å². The monoisotopic (exact) mass is 349 g/mol. The zero-order valence-electron chi connectivity index (χ0n) is 12.7. The fourth-order valence-electron chi connectivity index (χ4n) is 2.14. The third kappa shape index (κ3) is 3.35. The van der Waals surface area contributed by atoms with Crippen molar-refractivity contribution in [2.75, 3.05) is 7.11 Å². The maximum atomic E-state index is 13.1. The largest absolute Gasteiger partial charge is 0.465 e. The normalized spacial score (nSPS) is 11.4. The van der Waals surface area contributed by atoms with Gasteiger partial charge in [-0.25, -0.2) is 4.79 Å². The van der Waals surface area contributed by atoms with E-state index in [0.29, 0.717) is 11.1 Å². The molecule has 0 aliphatic heterocycles. The Morgan fingerprint density at radius 2 is 1.88 bits per heavy atom. The van der Waals surface area contributed by atoms with Gasteiger partial charge in [-0.3, -0.25) is 4.98 Å². The molecule has 2 heterocycles. The summed E-state index contributed by atoms with van der Waals surface area (Å²) in [6.45, 7) is 0. The molecule has 6 nitrogen and oxygen atoms in total. The van der Waals surface area contributed by atoms with E-state index < -0.39 is 17.7 Å². The third-order valence-electron chi connectivity index (χ3n) is 3.35. The van der Waals surface area contributed by atoms with Crippen LogP contribution in [-0.2, 0) is 10.9 Å². The van der Waals surface area contributed by atoms with Crippen molar-refractivity contribution < 1.29 is 27.2 Å². The fourth-order valence-corrected chi connectivity index (χ4v) is 2.14. The summed E-state index contributed by atoms with van der Waals surface area (Å²) in [7, 11) is 1.26. The summed E-state index contributed by atoms with van der Waals surface area (Å²) in [5.41, 5.74) is -0.423. The fraction of sp³-hybridized carbons (Fsp3) is 0.125. The van der Waals surface area contributed by atoms with Crippen LogP contribution in [0, 0.1) is 0 Å². The highest BCUT2D eigenvalue weighted by atomic mass is 19.4. The second-order valence-electron chi connectivity index (χ2n) is 4.91. The van der Waals surface area contributed by atoms with Gasteiger partial charge in [0.25, 0.3) is 5.89 Å². The van der Waals surface area contributed by atoms with Crippen LogP contribution in [0.25, 0.3) is 22.8 Å². The zero-order valence-corrected chi connectivity index (χ0v) is 12.7. The lowest BCUT2D eigenvalue weighted by atomic mass is 10.1. The van der Waals surface area contributed by atoms with Gasteiger partial charge in [0, 0.05) is 18.0 Å². The molecule has 0 amide bonds. The number of nitrogens with zero attached hydrogens (tertiary/aromatic N) is 3. The lowest BCUT2D eigenvalue weighted by Gasteiger charge is -2.08. The number of hydrogen-bond acceptors (Lipinski definition) is 6. The van der Waals surface area contributed by atoms with E-state index >= 15 is 0 Å². The molecule has 0 unspecified atom stereocenters. The molecule has 0 atom stereocenters. The molecule has 0 saturated carbocycles. The van der Waals surface area contributed by atoms with Crippen LogP contribution in [0.5, 0.6) is 0 Å². The molecule has 0 spiro atoms. The summed E-state index contributed by atoms with van der Waals surface area (Å²) in [4.78, 5) is 19.1. The van der Waals surface area contributed by atoms with Gasteiger partial charge < -0.3 is 9.26 Å². The number of methoxy groups -OCH3 is 1. The number of ether oxygens (including phenoxy) is 1. The Balaban J connectivity index is 1.95. The van der Waals surface area contributed by atoms with Crippen LogP contribution in [-0.4, -0.2) is 28.2 Å². The maximum Gasteiger partial charge on any atom is 0.417 e. The molecule has 0 N–H and O–H groups in total. The second-order valence-corrected chi connectivity index (χ2v) is 4.91. The van der Waals surface area contributed by atoms with Crippen LogP contribution in [0.1, 0.15) is 15.9 Å². The molecular formula is C16H10F3N3O3. The van der Waals surface area contributed by atoms with Gasteiger partial charge in [-0.2, -0.15) is 18.2 Å². The Hall–Kier alpha value is -3.23. The Morgan fingerprint density at radius 1 is 1.16 bits per heavy atom. The summed E-state index contributed by atoms with van der Waals surface area (Å²) in [6, 6.07) is 6.86. The molecule has 9 heteroatoms. The van der Waals surface area contributed by atoms with Gasteiger partial charge in [0.2, 0.25) is 5.82 Å². The Kier molecular flexibility index (Phi) is 4.22. The molecule has 0 fully saturated rings. The number of carbonyl (C=O) groups excluding carboxylic acids is 1. The van der Waals surface area contributed by atoms with Crippen molar-refractivity contribution in [2.45, 2.75) is 6.18 Å². The van der Waals surface area contributed by atoms with Gasteiger partial charge >= 0.3 is 12.1 Å². The summed E-state index contributed by atoms with van der Waals surface area (Å²) < 4.78 is 48.8. The predicted molar refractivity (Wildman–Crippen MR) is 79.3 cm³/mol. The van der Waals surface area contributed by atoms with Crippen LogP contribution < -0.4 is 0 Å². The molecule has 2 aromatic heterocycles. The number of carbonyl (C=O) groups is 1. The van der Waals surface area contributed by atoms with E-state index in [0.717, 1.165) is 18.5 Å². The van der Waals surface area contributed by atoms with Crippen molar-refractivity contribution in [3.05, 3.63) is 53.9 Å². The number of rotatable bonds is 3. The Morgan fingerprint density at radius 3 is 2.52 bits per heavy atom. The third-order valence-corrected chi connectivity index (χ3v) is 3.35. The van der Waals surface area contributed by atoms with Gasteiger partial charge in [0.05, 0.1) is 23.8 Å². The Bertz CT molecular complexity index is 905. The zero-order chi connectivity index (χ0) is 18.0. The number of benzene rings is 1. The van der Waals surface area contributed by atoms with E-state index in [2.05, 4.69) is 19.9 Å². The highest BCUT2D eigenvalue weighted by molar-refractivity contribution is 5.89. The minimum absolute atomic E-state index is 0.0170. The molecule has 128 valence electrons. The highest BCUT2D eigenvalue weighted by Crippen LogP contribution is 2.35. The molecule has 0 bridgehead atoms. The lowest BCUT2D eigenvalue weighted by Crippen LogP contribution is -2.07. The van der Waals surface area contributed by atoms with Crippen molar-refractivity contribution in [3.8, 4) is 22.8 Å². The number of aromatic nitrogens is 3. The summed E-state index contributed by atoms with van der Waals surface area (Å²) in [5, 5.41) is 3.59. The van der Waals surface area contributed by atoms with Gasteiger partial charge in [-0.15, -0.1) is 0 Å². The summed E-state index contributed by atoms with van der Waals surface area (Å²) >= 11 is 0. The maximum absolute atomic E-state index is 13.1.